The summed E-state index contributed by atoms with van der Waals surface area (Å²) >= 11 is 6.60. The van der Waals surface area contributed by atoms with Gasteiger partial charge in [0, 0.05) is 27.7 Å². The Balaban J connectivity index is 1.66. The summed E-state index contributed by atoms with van der Waals surface area (Å²) in [5.74, 6) is 0.483. The van der Waals surface area contributed by atoms with E-state index in [9.17, 15) is 0 Å². The first kappa shape index (κ1) is 17.8. The first-order valence-corrected chi connectivity index (χ1v) is 10.5. The molecule has 2 atom stereocenters. The zero-order valence-corrected chi connectivity index (χ0v) is 17.6. The summed E-state index contributed by atoms with van der Waals surface area (Å²) in [7, 11) is 0. The lowest BCUT2D eigenvalue weighted by Gasteiger charge is -2.49. The average Bonchev–Trinajstić information content (AvgIpc) is 3.01. The van der Waals surface area contributed by atoms with E-state index in [-0.39, 0.29) is 11.0 Å². The van der Waals surface area contributed by atoms with Gasteiger partial charge in [0.2, 0.25) is 0 Å². The third-order valence-electron chi connectivity index (χ3n) is 6.28. The van der Waals surface area contributed by atoms with Crippen LogP contribution in [0.3, 0.4) is 0 Å². The van der Waals surface area contributed by atoms with Gasteiger partial charge in [-0.2, -0.15) is 0 Å². The minimum absolute atomic E-state index is 0.0435. The summed E-state index contributed by atoms with van der Waals surface area (Å²) in [4.78, 5) is 7.36. The number of halogens is 1. The number of rotatable bonds is 2. The Kier molecular flexibility index (Phi) is 3.86. The predicted octanol–water partition coefficient (Wildman–Crippen LogP) is 7.00. The number of anilines is 1. The van der Waals surface area contributed by atoms with Crippen LogP contribution < -0.4 is 4.90 Å². The molecule has 2 aliphatic heterocycles. The Morgan fingerprint density at radius 2 is 1.86 bits per heavy atom. The van der Waals surface area contributed by atoms with Crippen molar-refractivity contribution in [3.05, 3.63) is 71.3 Å². The van der Waals surface area contributed by atoms with Crippen LogP contribution in [0.5, 0.6) is 0 Å². The molecule has 0 saturated carbocycles. The molecule has 0 bridgehead atoms. The highest BCUT2D eigenvalue weighted by molar-refractivity contribution is 6.26. The van der Waals surface area contributed by atoms with Gasteiger partial charge in [-0.1, -0.05) is 54.9 Å². The van der Waals surface area contributed by atoms with Crippen LogP contribution in [-0.4, -0.2) is 16.8 Å². The van der Waals surface area contributed by atoms with Crippen LogP contribution in [0.1, 0.15) is 56.7 Å². The third-order valence-corrected chi connectivity index (χ3v) is 6.47. The maximum Gasteiger partial charge on any atom is 0.101 e. The van der Waals surface area contributed by atoms with Gasteiger partial charge in [-0.3, -0.25) is 0 Å². The molecule has 0 aromatic heterocycles. The van der Waals surface area contributed by atoms with Crippen molar-refractivity contribution in [3.63, 3.8) is 0 Å². The van der Waals surface area contributed by atoms with E-state index in [1.54, 1.807) is 0 Å². The van der Waals surface area contributed by atoms with Crippen LogP contribution in [0.4, 0.5) is 11.4 Å². The molecule has 3 aromatic rings. The average molecular weight is 389 g/mol. The van der Waals surface area contributed by atoms with E-state index >= 15 is 0 Å². The van der Waals surface area contributed by atoms with Crippen LogP contribution >= 0.6 is 11.6 Å². The van der Waals surface area contributed by atoms with Crippen LogP contribution in [0.25, 0.3) is 10.8 Å². The van der Waals surface area contributed by atoms with E-state index in [0.717, 1.165) is 17.8 Å². The second-order valence-electron chi connectivity index (χ2n) is 8.78. The predicted molar refractivity (Wildman–Crippen MR) is 121 cm³/mol. The first-order valence-electron chi connectivity index (χ1n) is 10.1. The minimum Gasteiger partial charge on any atom is -0.350 e. The largest absolute Gasteiger partial charge is 0.350 e. The van der Waals surface area contributed by atoms with Crippen molar-refractivity contribution < 1.29 is 0 Å². The van der Waals surface area contributed by atoms with Crippen molar-refractivity contribution in [2.75, 3.05) is 4.90 Å². The second-order valence-corrected chi connectivity index (χ2v) is 9.41. The van der Waals surface area contributed by atoms with E-state index in [1.165, 1.54) is 33.2 Å². The van der Waals surface area contributed by atoms with Gasteiger partial charge < -0.3 is 4.90 Å². The van der Waals surface area contributed by atoms with Crippen molar-refractivity contribution in [1.29, 1.82) is 0 Å². The fourth-order valence-corrected chi connectivity index (χ4v) is 5.65. The molecule has 0 aliphatic carbocycles. The zero-order valence-electron chi connectivity index (χ0n) is 16.8. The first-order chi connectivity index (χ1) is 13.4. The van der Waals surface area contributed by atoms with Gasteiger partial charge in [0.15, 0.2) is 0 Å². The Bertz CT molecular complexity index is 1120. The maximum atomic E-state index is 6.60. The normalized spacial score (nSPS) is 20.8. The number of fused-ring (bicyclic) bond motifs is 1. The van der Waals surface area contributed by atoms with Gasteiger partial charge in [0.25, 0.3) is 0 Å². The smallest absolute Gasteiger partial charge is 0.101 e. The number of hydrogen-bond donors (Lipinski definition) is 0. The van der Waals surface area contributed by atoms with Crippen molar-refractivity contribution in [2.24, 2.45) is 4.99 Å². The van der Waals surface area contributed by atoms with E-state index in [2.05, 4.69) is 87.2 Å². The summed E-state index contributed by atoms with van der Waals surface area (Å²) in [5.41, 5.74) is 7.20. The molecule has 3 heteroatoms. The highest BCUT2D eigenvalue weighted by atomic mass is 35.5. The quantitative estimate of drug-likeness (QED) is 0.266. The van der Waals surface area contributed by atoms with Crippen LogP contribution in [0.2, 0.25) is 0 Å². The molecule has 0 N–H and O–H groups in total. The highest BCUT2D eigenvalue weighted by Gasteiger charge is 2.38. The molecule has 2 aliphatic rings. The van der Waals surface area contributed by atoms with E-state index < -0.39 is 0 Å². The fourth-order valence-electron chi connectivity index (χ4n) is 5.29. The molecule has 0 amide bonds. The lowest BCUT2D eigenvalue weighted by atomic mass is 9.79. The standard InChI is InChI=1S/C25H25ClN2/c1-15-14-25(3,4)28(16(2)26)22-12-11-18(13-20(15)22)24-19-9-5-7-17-8-6-10-21(27-24)23(17)19/h5-13,15-16H,14H2,1-4H3. The van der Waals surface area contributed by atoms with Gasteiger partial charge in [-0.25, -0.2) is 4.99 Å². The second kappa shape index (κ2) is 6.09. The van der Waals surface area contributed by atoms with Crippen molar-refractivity contribution in [1.82, 2.24) is 0 Å². The molecule has 2 unspecified atom stereocenters. The van der Waals surface area contributed by atoms with Crippen LogP contribution in [0, 0.1) is 0 Å². The molecular formula is C25H25ClN2. The monoisotopic (exact) mass is 388 g/mol. The molecule has 0 fully saturated rings. The summed E-state index contributed by atoms with van der Waals surface area (Å²) in [5, 5.41) is 2.52. The van der Waals surface area contributed by atoms with Crippen molar-refractivity contribution in [3.8, 4) is 0 Å². The number of hydrogen-bond acceptors (Lipinski definition) is 2. The molecule has 3 aromatic carbocycles. The molecule has 142 valence electrons. The van der Waals surface area contributed by atoms with Gasteiger partial charge in [-0.05, 0) is 62.3 Å². The highest BCUT2D eigenvalue weighted by Crippen LogP contribution is 2.46. The molecule has 0 radical (unpaired) electrons. The Morgan fingerprint density at radius 3 is 2.61 bits per heavy atom. The molecule has 28 heavy (non-hydrogen) atoms. The summed E-state index contributed by atoms with van der Waals surface area (Å²) in [6, 6.07) is 19.6. The maximum absolute atomic E-state index is 6.60. The zero-order chi connectivity index (χ0) is 19.6. The number of alkyl halides is 1. The summed E-state index contributed by atoms with van der Waals surface area (Å²) in [6.07, 6.45) is 1.09. The van der Waals surface area contributed by atoms with E-state index in [4.69, 9.17) is 16.6 Å². The molecule has 2 nitrogen and oxygen atoms in total. The number of benzene rings is 3. The van der Waals surface area contributed by atoms with Gasteiger partial charge in [0.05, 0.1) is 11.4 Å². The van der Waals surface area contributed by atoms with Gasteiger partial charge in [0.1, 0.15) is 5.50 Å². The lowest BCUT2D eigenvalue weighted by Crippen LogP contribution is -2.51. The van der Waals surface area contributed by atoms with Crippen LogP contribution in [0.15, 0.2) is 59.6 Å². The molecule has 2 heterocycles. The third kappa shape index (κ3) is 2.51. The van der Waals surface area contributed by atoms with Gasteiger partial charge >= 0.3 is 0 Å². The molecule has 0 spiro atoms. The van der Waals surface area contributed by atoms with E-state index in [1.807, 2.05) is 0 Å². The Labute approximate surface area is 171 Å². The SMILES string of the molecule is CC1CC(C)(C)N(C(C)Cl)c2ccc(C3=Nc4cccc5cccc3c45)cc21. The van der Waals surface area contributed by atoms with Crippen molar-refractivity contribution >= 4 is 39.5 Å². The number of aliphatic imine (C=N–C) groups is 1. The lowest BCUT2D eigenvalue weighted by molar-refractivity contribution is 0.373. The molecular weight excluding hydrogens is 364 g/mol. The van der Waals surface area contributed by atoms with Crippen LogP contribution in [-0.2, 0) is 0 Å². The van der Waals surface area contributed by atoms with Crippen molar-refractivity contribution in [2.45, 2.75) is 51.1 Å². The minimum atomic E-state index is -0.0473. The fraction of sp³-hybridized carbons (Fsp3) is 0.320. The molecule has 0 saturated heterocycles. The summed E-state index contributed by atoms with van der Waals surface area (Å²) in [6.45, 7) is 8.97. The Morgan fingerprint density at radius 1 is 1.11 bits per heavy atom. The summed E-state index contributed by atoms with van der Waals surface area (Å²) < 4.78 is 0. The van der Waals surface area contributed by atoms with E-state index in [0.29, 0.717) is 5.92 Å². The number of nitrogens with zero attached hydrogens (tertiary/aromatic N) is 2. The van der Waals surface area contributed by atoms with Gasteiger partial charge in [-0.15, -0.1) is 0 Å². The Hall–Kier alpha value is -2.32. The molecule has 5 rings (SSSR count). The topological polar surface area (TPSA) is 15.6 Å².